The van der Waals surface area contributed by atoms with Crippen molar-refractivity contribution in [2.75, 3.05) is 17.2 Å². The van der Waals surface area contributed by atoms with Crippen molar-refractivity contribution in [1.29, 1.82) is 0 Å². The van der Waals surface area contributed by atoms with Gasteiger partial charge in [0.25, 0.3) is 5.91 Å². The Balaban J connectivity index is 1.61. The molecule has 2 fully saturated rings. The summed E-state index contributed by atoms with van der Waals surface area (Å²) in [6.07, 6.45) is 1.45. The Kier molecular flexibility index (Phi) is 4.02. The van der Waals surface area contributed by atoms with Crippen molar-refractivity contribution in [2.45, 2.75) is 29.8 Å². The number of carbonyl (C=O) groups excluding carboxylic acids is 3. The number of fused-ring (bicyclic) bond motifs is 7. The highest BCUT2D eigenvalue weighted by Gasteiger charge is 2.81. The lowest BCUT2D eigenvalue weighted by Gasteiger charge is -2.43. The zero-order chi connectivity index (χ0) is 23.9. The molecule has 7 rings (SSSR count). The Hall–Kier alpha value is -3.84. The molecule has 35 heavy (non-hydrogen) atoms. The minimum Gasteiger partial charge on any atom is -0.325 e. The number of para-hydroxylation sites is 1. The minimum absolute atomic E-state index is 0.177. The highest BCUT2D eigenvalue weighted by atomic mass is 19.1. The maximum Gasteiger partial charge on any atom is 0.251 e. The largest absolute Gasteiger partial charge is 0.325 e. The van der Waals surface area contributed by atoms with Crippen molar-refractivity contribution in [3.8, 4) is 0 Å². The molecule has 0 aromatic heterocycles. The molecule has 7 heteroatoms. The van der Waals surface area contributed by atoms with Gasteiger partial charge in [0, 0.05) is 28.5 Å². The van der Waals surface area contributed by atoms with Crippen molar-refractivity contribution in [2.24, 2.45) is 5.92 Å². The number of anilines is 2. The van der Waals surface area contributed by atoms with Crippen LogP contribution in [-0.2, 0) is 20.5 Å². The van der Waals surface area contributed by atoms with Crippen LogP contribution in [0.2, 0.25) is 0 Å². The molecule has 4 aliphatic heterocycles. The fraction of sp³-hybridized carbons (Fsp3) is 0.250. The predicted octanol–water partition coefficient (Wildman–Crippen LogP) is 3.84. The third-order valence-electron chi connectivity index (χ3n) is 8.40. The lowest BCUT2D eigenvalue weighted by atomic mass is 9.57. The number of carbonyl (C=O) groups is 3. The van der Waals surface area contributed by atoms with E-state index >= 15 is 0 Å². The van der Waals surface area contributed by atoms with E-state index in [0.29, 0.717) is 41.0 Å². The van der Waals surface area contributed by atoms with Gasteiger partial charge in [0.1, 0.15) is 16.8 Å². The normalized spacial score (nSPS) is 30.3. The number of rotatable bonds is 2. The van der Waals surface area contributed by atoms with Crippen molar-refractivity contribution < 1.29 is 18.8 Å². The van der Waals surface area contributed by atoms with Gasteiger partial charge in [0.05, 0.1) is 5.92 Å². The number of nitrogens with zero attached hydrogens (tertiary/aromatic N) is 1. The van der Waals surface area contributed by atoms with Crippen LogP contribution < -0.4 is 10.6 Å². The van der Waals surface area contributed by atoms with Crippen molar-refractivity contribution in [3.63, 3.8) is 0 Å². The van der Waals surface area contributed by atoms with Crippen LogP contribution in [0.15, 0.2) is 72.8 Å². The molecule has 2 spiro atoms. The molecule has 3 aromatic carbocycles. The highest BCUT2D eigenvalue weighted by Crippen LogP contribution is 2.67. The van der Waals surface area contributed by atoms with Gasteiger partial charge in [-0.25, -0.2) is 4.39 Å². The summed E-state index contributed by atoms with van der Waals surface area (Å²) in [5.74, 6) is -2.27. The van der Waals surface area contributed by atoms with Crippen molar-refractivity contribution in [3.05, 3.63) is 95.3 Å². The Morgan fingerprint density at radius 3 is 2.43 bits per heavy atom. The molecule has 174 valence electrons. The Bertz CT molecular complexity index is 1440. The molecule has 0 aliphatic carbocycles. The quantitative estimate of drug-likeness (QED) is 0.562. The second-order valence-corrected chi connectivity index (χ2v) is 9.77. The standard InChI is InChI=1S/C28H22FN3O3/c29-17-12-13-21-19(15-17)28(26(35)31-21)27(18-9-4-5-10-20(18)30-25(27)34)23(22-11-6-14-32(22)28)24(33)16-7-2-1-3-8-16/h1-5,7-10,12-13,15,22-23H,6,11,14H2,(H,30,34)(H,31,35)/t22-,23+,27-,28+/m0/s1. The smallest absolute Gasteiger partial charge is 0.251 e. The van der Waals surface area contributed by atoms with E-state index in [1.807, 2.05) is 29.2 Å². The third kappa shape index (κ3) is 2.25. The van der Waals surface area contributed by atoms with Gasteiger partial charge in [-0.1, -0.05) is 48.5 Å². The van der Waals surface area contributed by atoms with Crippen LogP contribution in [0.1, 0.15) is 34.3 Å². The average molecular weight is 468 g/mol. The third-order valence-corrected chi connectivity index (χ3v) is 8.40. The summed E-state index contributed by atoms with van der Waals surface area (Å²) < 4.78 is 14.7. The summed E-state index contributed by atoms with van der Waals surface area (Å²) in [7, 11) is 0. The van der Waals surface area contributed by atoms with Crippen LogP contribution in [0.3, 0.4) is 0 Å². The SMILES string of the molecule is O=C(c1ccccc1)[C@H]1[C@@H]2CCCN2[C@]2(C(=O)Nc3ccc(F)cc32)[C@]12C(=O)Nc1ccccc12. The van der Waals surface area contributed by atoms with Gasteiger partial charge < -0.3 is 10.6 Å². The van der Waals surface area contributed by atoms with E-state index in [1.54, 1.807) is 36.4 Å². The molecule has 2 amide bonds. The van der Waals surface area contributed by atoms with Gasteiger partial charge in [0.2, 0.25) is 5.91 Å². The Morgan fingerprint density at radius 2 is 1.60 bits per heavy atom. The van der Waals surface area contributed by atoms with E-state index in [2.05, 4.69) is 10.6 Å². The first-order valence-electron chi connectivity index (χ1n) is 11.9. The zero-order valence-corrected chi connectivity index (χ0v) is 18.8. The number of ketones is 1. The van der Waals surface area contributed by atoms with E-state index in [9.17, 15) is 18.8 Å². The lowest BCUT2D eigenvalue weighted by Crippen LogP contribution is -2.62. The Morgan fingerprint density at radius 1 is 0.886 bits per heavy atom. The molecule has 0 radical (unpaired) electrons. The summed E-state index contributed by atoms with van der Waals surface area (Å²) in [5.41, 5.74) is -0.503. The van der Waals surface area contributed by atoms with Gasteiger partial charge >= 0.3 is 0 Å². The molecule has 4 atom stereocenters. The van der Waals surface area contributed by atoms with E-state index in [0.717, 1.165) is 6.42 Å². The fourth-order valence-electron chi connectivity index (χ4n) is 7.33. The van der Waals surface area contributed by atoms with Crippen LogP contribution in [-0.4, -0.2) is 35.1 Å². The molecule has 0 bridgehead atoms. The highest BCUT2D eigenvalue weighted by molar-refractivity contribution is 6.21. The van der Waals surface area contributed by atoms with E-state index < -0.39 is 28.6 Å². The molecule has 3 aromatic rings. The van der Waals surface area contributed by atoms with E-state index in [-0.39, 0.29) is 17.7 Å². The molecule has 0 saturated carbocycles. The molecular weight excluding hydrogens is 445 g/mol. The topological polar surface area (TPSA) is 78.5 Å². The van der Waals surface area contributed by atoms with Crippen LogP contribution in [0.4, 0.5) is 15.8 Å². The minimum atomic E-state index is -1.55. The van der Waals surface area contributed by atoms with Gasteiger partial charge in [-0.15, -0.1) is 0 Å². The number of amides is 2. The number of halogens is 1. The van der Waals surface area contributed by atoms with Crippen LogP contribution in [0.5, 0.6) is 0 Å². The lowest BCUT2D eigenvalue weighted by molar-refractivity contribution is -0.137. The molecular formula is C28H22FN3O3. The molecule has 6 nitrogen and oxygen atoms in total. The van der Waals surface area contributed by atoms with E-state index in [4.69, 9.17) is 0 Å². The van der Waals surface area contributed by atoms with Gasteiger partial charge in [-0.2, -0.15) is 0 Å². The molecule has 2 saturated heterocycles. The summed E-state index contributed by atoms with van der Waals surface area (Å²) in [5, 5.41) is 5.91. The zero-order valence-electron chi connectivity index (χ0n) is 18.8. The van der Waals surface area contributed by atoms with Gasteiger partial charge in [-0.3, -0.25) is 19.3 Å². The second kappa shape index (κ2) is 6.86. The summed E-state index contributed by atoms with van der Waals surface area (Å²) in [6.45, 7) is 0.532. The molecule has 4 aliphatic rings. The first-order chi connectivity index (χ1) is 17.0. The number of nitrogens with one attached hydrogen (secondary N) is 2. The average Bonchev–Trinajstić information content (AvgIpc) is 3.58. The van der Waals surface area contributed by atoms with Crippen LogP contribution in [0, 0.1) is 11.7 Å². The van der Waals surface area contributed by atoms with E-state index in [1.165, 1.54) is 12.1 Å². The van der Waals surface area contributed by atoms with Crippen LogP contribution in [0.25, 0.3) is 0 Å². The number of Topliss-reactive ketones (excluding diaryl/α,β-unsaturated/α-hetero) is 1. The van der Waals surface area contributed by atoms with Crippen molar-refractivity contribution >= 4 is 29.0 Å². The fourth-order valence-corrected chi connectivity index (χ4v) is 7.33. The first-order valence-corrected chi connectivity index (χ1v) is 11.9. The Labute approximate surface area is 201 Å². The summed E-state index contributed by atoms with van der Waals surface area (Å²) >= 11 is 0. The maximum absolute atomic E-state index is 14.7. The number of benzene rings is 3. The maximum atomic E-state index is 14.7. The molecule has 2 N–H and O–H groups in total. The number of hydrogen-bond acceptors (Lipinski definition) is 4. The summed E-state index contributed by atoms with van der Waals surface area (Å²) in [4.78, 5) is 44.8. The molecule has 0 unspecified atom stereocenters. The second-order valence-electron chi connectivity index (χ2n) is 9.77. The predicted molar refractivity (Wildman–Crippen MR) is 127 cm³/mol. The summed E-state index contributed by atoms with van der Waals surface area (Å²) in [6, 6.07) is 20.0. The van der Waals surface area contributed by atoms with Crippen LogP contribution >= 0.6 is 0 Å². The van der Waals surface area contributed by atoms with Crippen molar-refractivity contribution in [1.82, 2.24) is 4.90 Å². The van der Waals surface area contributed by atoms with Gasteiger partial charge in [0.15, 0.2) is 5.78 Å². The molecule has 4 heterocycles. The number of hydrogen-bond donors (Lipinski definition) is 2. The van der Waals surface area contributed by atoms with Gasteiger partial charge in [-0.05, 0) is 49.2 Å². The monoisotopic (exact) mass is 467 g/mol. The first kappa shape index (κ1) is 20.5.